The van der Waals surface area contributed by atoms with Crippen LogP contribution < -0.4 is 0 Å². The van der Waals surface area contributed by atoms with Crippen LogP contribution in [-0.4, -0.2) is 44.9 Å². The smallest absolute Gasteiger partial charge is 0.303 e. The van der Waals surface area contributed by atoms with Crippen LogP contribution in [0.15, 0.2) is 72.8 Å². The Labute approximate surface area is 227 Å². The number of hydrogen-bond donors (Lipinski definition) is 1. The summed E-state index contributed by atoms with van der Waals surface area (Å²) in [5.74, 6) is -0.306. The van der Waals surface area contributed by atoms with E-state index in [-0.39, 0.29) is 12.3 Å². The first kappa shape index (κ1) is 25.9. The number of carbonyl (C=O) groups excluding carboxylic acids is 1. The van der Waals surface area contributed by atoms with Gasteiger partial charge in [0.05, 0.1) is 22.4 Å². The number of aliphatic carboxylic acids is 1. The van der Waals surface area contributed by atoms with Crippen LogP contribution in [0.1, 0.15) is 59.6 Å². The average Bonchev–Trinajstić information content (AvgIpc) is 2.94. The van der Waals surface area contributed by atoms with Crippen LogP contribution >= 0.6 is 11.6 Å². The Morgan fingerprint density at radius 2 is 1.68 bits per heavy atom. The van der Waals surface area contributed by atoms with Gasteiger partial charge in [0.1, 0.15) is 0 Å². The molecule has 3 aromatic carbocycles. The van der Waals surface area contributed by atoms with E-state index >= 15 is 0 Å². The monoisotopic (exact) mass is 527 g/mol. The second kappa shape index (κ2) is 11.7. The first-order valence-electron chi connectivity index (χ1n) is 13.1. The number of hydrogen-bond acceptors (Lipinski definition) is 4. The standard InChI is InChI=1S/C31H30ClN3O3/c32-25-10-6-9-23(19-25)30-27(11-4-5-12-29(36)37)33-28-20-24(13-14-26(28)34-30)31(38)35-17-15-22(16-18-35)21-7-2-1-3-8-21/h1-3,6-10,13-14,19-20,22H,4-5,11-12,15-18H2,(H,36,37). The van der Waals surface area contributed by atoms with Gasteiger partial charge in [-0.25, -0.2) is 9.97 Å². The zero-order chi connectivity index (χ0) is 26.5. The Hall–Kier alpha value is -3.77. The summed E-state index contributed by atoms with van der Waals surface area (Å²) >= 11 is 6.24. The van der Waals surface area contributed by atoms with E-state index < -0.39 is 5.97 Å². The van der Waals surface area contributed by atoms with Crippen LogP contribution in [-0.2, 0) is 11.2 Å². The lowest BCUT2D eigenvalue weighted by Crippen LogP contribution is -2.37. The lowest BCUT2D eigenvalue weighted by atomic mass is 9.89. The van der Waals surface area contributed by atoms with Crippen LogP contribution in [0.5, 0.6) is 0 Å². The molecule has 0 radical (unpaired) electrons. The molecule has 1 amide bonds. The van der Waals surface area contributed by atoms with Crippen LogP contribution in [0.25, 0.3) is 22.3 Å². The molecule has 4 aromatic rings. The molecule has 0 atom stereocenters. The van der Waals surface area contributed by atoms with E-state index in [1.54, 1.807) is 0 Å². The summed E-state index contributed by atoms with van der Waals surface area (Å²) < 4.78 is 0. The predicted octanol–water partition coefficient (Wildman–Crippen LogP) is 6.77. The maximum atomic E-state index is 13.4. The predicted molar refractivity (Wildman–Crippen MR) is 149 cm³/mol. The molecule has 0 bridgehead atoms. The minimum absolute atomic E-state index is 0.0159. The van der Waals surface area contributed by atoms with Gasteiger partial charge in [-0.3, -0.25) is 9.59 Å². The highest BCUT2D eigenvalue weighted by molar-refractivity contribution is 6.30. The van der Waals surface area contributed by atoms with E-state index in [2.05, 4.69) is 24.3 Å². The highest BCUT2D eigenvalue weighted by Gasteiger charge is 2.25. The summed E-state index contributed by atoms with van der Waals surface area (Å²) in [7, 11) is 0. The van der Waals surface area contributed by atoms with Crippen molar-refractivity contribution in [2.24, 2.45) is 0 Å². The Morgan fingerprint density at radius 1 is 0.895 bits per heavy atom. The van der Waals surface area contributed by atoms with Crippen molar-refractivity contribution in [3.8, 4) is 11.3 Å². The Bertz CT molecular complexity index is 1450. The van der Waals surface area contributed by atoms with Crippen LogP contribution in [0.3, 0.4) is 0 Å². The number of rotatable bonds is 8. The second-order valence-corrected chi connectivity index (χ2v) is 10.2. The van der Waals surface area contributed by atoms with E-state index in [1.165, 1.54) is 5.56 Å². The van der Waals surface area contributed by atoms with Crippen molar-refractivity contribution < 1.29 is 14.7 Å². The van der Waals surface area contributed by atoms with Gasteiger partial charge in [-0.05, 0) is 73.9 Å². The molecule has 0 spiro atoms. The van der Waals surface area contributed by atoms with Gasteiger partial charge >= 0.3 is 5.97 Å². The quantitative estimate of drug-likeness (QED) is 0.256. The van der Waals surface area contributed by atoms with Crippen molar-refractivity contribution in [3.63, 3.8) is 0 Å². The van der Waals surface area contributed by atoms with E-state index in [4.69, 9.17) is 26.7 Å². The number of carboxylic acids is 1. The molecule has 1 fully saturated rings. The Morgan fingerprint density at radius 3 is 2.42 bits per heavy atom. The molecule has 1 N–H and O–H groups in total. The topological polar surface area (TPSA) is 83.4 Å². The van der Waals surface area contributed by atoms with Crippen molar-refractivity contribution in [1.29, 1.82) is 0 Å². The second-order valence-electron chi connectivity index (χ2n) is 9.81. The summed E-state index contributed by atoms with van der Waals surface area (Å²) in [5.41, 5.74) is 5.68. The summed E-state index contributed by atoms with van der Waals surface area (Å²) in [6.45, 7) is 1.45. The minimum atomic E-state index is -0.805. The Kier molecular flexibility index (Phi) is 7.99. The third-order valence-electron chi connectivity index (χ3n) is 7.19. The zero-order valence-electron chi connectivity index (χ0n) is 21.1. The van der Waals surface area contributed by atoms with Gasteiger partial charge in [0.15, 0.2) is 0 Å². The highest BCUT2D eigenvalue weighted by Crippen LogP contribution is 2.30. The van der Waals surface area contributed by atoms with Gasteiger partial charge in [-0.2, -0.15) is 0 Å². The molecule has 0 unspecified atom stereocenters. The molecular formula is C31H30ClN3O3. The van der Waals surface area contributed by atoms with Gasteiger partial charge in [0.25, 0.3) is 5.91 Å². The van der Waals surface area contributed by atoms with Crippen molar-refractivity contribution in [2.75, 3.05) is 13.1 Å². The highest BCUT2D eigenvalue weighted by atomic mass is 35.5. The molecule has 5 rings (SSSR count). The summed E-state index contributed by atoms with van der Waals surface area (Å²) in [6.07, 6.45) is 3.84. The lowest BCUT2D eigenvalue weighted by molar-refractivity contribution is -0.137. The van der Waals surface area contributed by atoms with Crippen LogP contribution in [0.2, 0.25) is 5.02 Å². The van der Waals surface area contributed by atoms with Gasteiger partial charge < -0.3 is 10.0 Å². The number of aryl methyl sites for hydroxylation is 1. The van der Waals surface area contributed by atoms with E-state index in [1.807, 2.05) is 53.4 Å². The fourth-order valence-corrected chi connectivity index (χ4v) is 5.35. The number of unbranched alkanes of at least 4 members (excludes halogenated alkanes) is 1. The number of amides is 1. The number of carbonyl (C=O) groups is 2. The molecule has 6 nitrogen and oxygen atoms in total. The molecule has 1 aliphatic heterocycles. The number of nitrogens with zero attached hydrogens (tertiary/aromatic N) is 3. The molecule has 2 heterocycles. The third kappa shape index (κ3) is 6.03. The third-order valence-corrected chi connectivity index (χ3v) is 7.42. The van der Waals surface area contributed by atoms with Crippen molar-refractivity contribution in [2.45, 2.75) is 44.4 Å². The molecule has 1 aliphatic rings. The van der Waals surface area contributed by atoms with Gasteiger partial charge in [0.2, 0.25) is 0 Å². The minimum Gasteiger partial charge on any atom is -0.481 e. The largest absolute Gasteiger partial charge is 0.481 e. The maximum Gasteiger partial charge on any atom is 0.303 e. The van der Waals surface area contributed by atoms with Crippen LogP contribution in [0, 0.1) is 0 Å². The average molecular weight is 528 g/mol. The van der Waals surface area contributed by atoms with Crippen molar-refractivity contribution >= 4 is 34.5 Å². The molecule has 7 heteroatoms. The lowest BCUT2D eigenvalue weighted by Gasteiger charge is -2.32. The number of benzene rings is 3. The molecule has 1 saturated heterocycles. The van der Waals surface area contributed by atoms with E-state index in [9.17, 15) is 9.59 Å². The maximum absolute atomic E-state index is 13.4. The van der Waals surface area contributed by atoms with Crippen molar-refractivity contribution in [3.05, 3.63) is 94.6 Å². The number of likely N-dealkylation sites (tertiary alicyclic amines) is 1. The fourth-order valence-electron chi connectivity index (χ4n) is 5.16. The van der Waals surface area contributed by atoms with Gasteiger partial charge in [-0.15, -0.1) is 0 Å². The number of fused-ring (bicyclic) bond motifs is 1. The molecule has 0 aliphatic carbocycles. The van der Waals surface area contributed by atoms with Crippen molar-refractivity contribution in [1.82, 2.24) is 14.9 Å². The number of piperidine rings is 1. The summed E-state index contributed by atoms with van der Waals surface area (Å²) in [4.78, 5) is 36.1. The zero-order valence-corrected chi connectivity index (χ0v) is 21.9. The van der Waals surface area contributed by atoms with Crippen LogP contribution in [0.4, 0.5) is 0 Å². The molecular weight excluding hydrogens is 498 g/mol. The fraction of sp³-hybridized carbons (Fsp3) is 0.290. The SMILES string of the molecule is O=C(O)CCCCc1nc2cc(C(=O)N3CCC(c4ccccc4)CC3)ccc2nc1-c1cccc(Cl)c1. The number of aromatic nitrogens is 2. The number of carboxylic acid groups (broad SMARTS) is 1. The first-order chi connectivity index (χ1) is 18.5. The summed E-state index contributed by atoms with van der Waals surface area (Å²) in [6, 6.07) is 23.5. The normalized spacial score (nSPS) is 14.1. The Balaban J connectivity index is 1.38. The van der Waals surface area contributed by atoms with Gasteiger partial charge in [-0.1, -0.05) is 54.1 Å². The summed E-state index contributed by atoms with van der Waals surface area (Å²) in [5, 5.41) is 9.61. The molecule has 38 heavy (non-hydrogen) atoms. The number of halogens is 1. The molecule has 1 aromatic heterocycles. The van der Waals surface area contributed by atoms with E-state index in [0.717, 1.165) is 42.9 Å². The molecule has 194 valence electrons. The first-order valence-corrected chi connectivity index (χ1v) is 13.5. The van der Waals surface area contributed by atoms with E-state index in [0.29, 0.717) is 46.8 Å². The molecule has 0 saturated carbocycles. The van der Waals surface area contributed by atoms with Gasteiger partial charge in [0, 0.05) is 35.7 Å².